The maximum absolute atomic E-state index is 12.1. The van der Waals surface area contributed by atoms with E-state index in [2.05, 4.69) is 55.4 Å². The van der Waals surface area contributed by atoms with Crippen LogP contribution in [0.1, 0.15) is 27.4 Å². The number of anilines is 1. The number of aromatic nitrogens is 1. The lowest BCUT2D eigenvalue weighted by atomic mass is 10.00. The zero-order valence-electron chi connectivity index (χ0n) is 13.4. The second kappa shape index (κ2) is 7.11. The van der Waals surface area contributed by atoms with Crippen LogP contribution >= 0.6 is 27.3 Å². The summed E-state index contributed by atoms with van der Waals surface area (Å²) in [7, 11) is 0. The number of fused-ring (bicyclic) bond motifs is 1. The highest BCUT2D eigenvalue weighted by atomic mass is 79.9. The molecule has 1 aromatic carbocycles. The van der Waals surface area contributed by atoms with Crippen molar-refractivity contribution in [3.63, 3.8) is 0 Å². The van der Waals surface area contributed by atoms with Gasteiger partial charge in [0.1, 0.15) is 0 Å². The van der Waals surface area contributed by atoms with Crippen LogP contribution in [0.25, 0.3) is 0 Å². The van der Waals surface area contributed by atoms with Gasteiger partial charge in [-0.15, -0.1) is 11.3 Å². The summed E-state index contributed by atoms with van der Waals surface area (Å²) in [6.07, 6.45) is 1.07. The summed E-state index contributed by atoms with van der Waals surface area (Å²) in [5.74, 6) is -0.0326. The van der Waals surface area contributed by atoms with Gasteiger partial charge in [-0.1, -0.05) is 24.3 Å². The first kappa shape index (κ1) is 16.5. The van der Waals surface area contributed by atoms with Crippen LogP contribution in [0.15, 0.2) is 50.9 Å². The van der Waals surface area contributed by atoms with Gasteiger partial charge in [-0.25, -0.2) is 4.98 Å². The van der Waals surface area contributed by atoms with Gasteiger partial charge in [-0.3, -0.25) is 15.0 Å². The number of rotatable bonds is 4. The fraction of sp³-hybridized carbons (Fsp3) is 0.222. The largest absolute Gasteiger partial charge is 0.444 e. The van der Waals surface area contributed by atoms with Gasteiger partial charge in [0.05, 0.1) is 5.69 Å². The molecule has 0 radical (unpaired) electrons. The SMILES string of the molecule is O=C(Nc1nc(CN2CCc3ccccc3C2)cs1)c1ccc(Br)o1. The highest BCUT2D eigenvalue weighted by Gasteiger charge is 2.18. The monoisotopic (exact) mass is 417 g/mol. The molecule has 5 nitrogen and oxygen atoms in total. The van der Waals surface area contributed by atoms with Crippen molar-refractivity contribution >= 4 is 38.3 Å². The summed E-state index contributed by atoms with van der Waals surface area (Å²) in [5, 5.41) is 5.36. The summed E-state index contributed by atoms with van der Waals surface area (Å²) in [6, 6.07) is 11.9. The average molecular weight is 418 g/mol. The first-order valence-electron chi connectivity index (χ1n) is 7.97. The summed E-state index contributed by atoms with van der Waals surface area (Å²) in [5.41, 5.74) is 3.80. The fourth-order valence-corrected chi connectivity index (χ4v) is 3.95. The predicted octanol–water partition coefficient (Wildman–Crippen LogP) is 4.31. The predicted molar refractivity (Wildman–Crippen MR) is 101 cm³/mol. The number of amides is 1. The second-order valence-corrected chi connectivity index (χ2v) is 7.57. The van der Waals surface area contributed by atoms with E-state index in [1.54, 1.807) is 12.1 Å². The van der Waals surface area contributed by atoms with Gasteiger partial charge in [0.15, 0.2) is 15.6 Å². The van der Waals surface area contributed by atoms with Crippen molar-refractivity contribution in [3.8, 4) is 0 Å². The molecule has 4 rings (SSSR count). The lowest BCUT2D eigenvalue weighted by Crippen LogP contribution is -2.30. The molecule has 0 fully saturated rings. The first-order chi connectivity index (χ1) is 12.2. The van der Waals surface area contributed by atoms with Crippen molar-refractivity contribution in [2.45, 2.75) is 19.5 Å². The lowest BCUT2D eigenvalue weighted by Gasteiger charge is -2.27. The number of hydrogen-bond donors (Lipinski definition) is 1. The van der Waals surface area contributed by atoms with Gasteiger partial charge in [-0.05, 0) is 45.6 Å². The Hall–Kier alpha value is -1.96. The molecule has 3 aromatic rings. The van der Waals surface area contributed by atoms with Crippen molar-refractivity contribution in [3.05, 3.63) is 69.0 Å². The number of nitrogens with zero attached hydrogens (tertiary/aromatic N) is 2. The molecule has 0 spiro atoms. The van der Waals surface area contributed by atoms with E-state index >= 15 is 0 Å². The van der Waals surface area contributed by atoms with Crippen LogP contribution < -0.4 is 5.32 Å². The first-order valence-corrected chi connectivity index (χ1v) is 9.65. The van der Waals surface area contributed by atoms with E-state index in [-0.39, 0.29) is 11.7 Å². The minimum absolute atomic E-state index is 0.260. The molecule has 3 heterocycles. The molecule has 7 heteroatoms. The van der Waals surface area contributed by atoms with E-state index in [0.29, 0.717) is 9.80 Å². The Labute approximate surface area is 157 Å². The fourth-order valence-electron chi connectivity index (χ4n) is 2.95. The van der Waals surface area contributed by atoms with E-state index in [4.69, 9.17) is 4.42 Å². The zero-order valence-corrected chi connectivity index (χ0v) is 15.8. The maximum atomic E-state index is 12.1. The van der Waals surface area contributed by atoms with Crippen LogP contribution in [0.3, 0.4) is 0 Å². The van der Waals surface area contributed by atoms with Gasteiger partial charge >= 0.3 is 0 Å². The van der Waals surface area contributed by atoms with Crippen molar-refractivity contribution < 1.29 is 9.21 Å². The molecule has 25 heavy (non-hydrogen) atoms. The zero-order chi connectivity index (χ0) is 17.2. The molecule has 2 aromatic heterocycles. The lowest BCUT2D eigenvalue weighted by molar-refractivity contribution is 0.0995. The second-order valence-electron chi connectivity index (χ2n) is 5.93. The minimum Gasteiger partial charge on any atom is -0.444 e. The maximum Gasteiger partial charge on any atom is 0.293 e. The van der Waals surface area contributed by atoms with Gasteiger partial charge in [0.2, 0.25) is 0 Å². The number of benzene rings is 1. The molecular formula is C18H16BrN3O2S. The van der Waals surface area contributed by atoms with E-state index in [1.165, 1.54) is 22.5 Å². The molecule has 0 atom stereocenters. The third kappa shape index (κ3) is 3.84. The highest BCUT2D eigenvalue weighted by molar-refractivity contribution is 9.10. The highest BCUT2D eigenvalue weighted by Crippen LogP contribution is 2.23. The Morgan fingerprint density at radius 2 is 2.12 bits per heavy atom. The van der Waals surface area contributed by atoms with Crippen LogP contribution in [0.5, 0.6) is 0 Å². The number of carbonyl (C=O) groups is 1. The molecule has 1 N–H and O–H groups in total. The van der Waals surface area contributed by atoms with Crippen molar-refractivity contribution in [2.24, 2.45) is 0 Å². The summed E-state index contributed by atoms with van der Waals surface area (Å²) in [6.45, 7) is 2.75. The molecule has 0 unspecified atom stereocenters. The third-order valence-corrected chi connectivity index (χ3v) is 5.40. The van der Waals surface area contributed by atoms with Crippen LogP contribution in [0.2, 0.25) is 0 Å². The summed E-state index contributed by atoms with van der Waals surface area (Å²) < 4.78 is 5.78. The third-order valence-electron chi connectivity index (χ3n) is 4.16. The smallest absolute Gasteiger partial charge is 0.293 e. The van der Waals surface area contributed by atoms with Gasteiger partial charge in [0.25, 0.3) is 5.91 Å². The van der Waals surface area contributed by atoms with Crippen molar-refractivity contribution in [1.82, 2.24) is 9.88 Å². The Balaban J connectivity index is 1.38. The minimum atomic E-state index is -0.293. The molecule has 1 amide bonds. The molecule has 0 saturated carbocycles. The molecule has 0 aliphatic carbocycles. The number of carbonyl (C=O) groups excluding carboxylic acids is 1. The normalized spacial score (nSPS) is 14.3. The van der Waals surface area contributed by atoms with Crippen LogP contribution in [0, 0.1) is 0 Å². The molecule has 128 valence electrons. The topological polar surface area (TPSA) is 58.4 Å². The number of nitrogens with one attached hydrogen (secondary N) is 1. The molecular weight excluding hydrogens is 402 g/mol. The van der Waals surface area contributed by atoms with Gasteiger partial charge in [0, 0.05) is 25.0 Å². The van der Waals surface area contributed by atoms with E-state index in [0.717, 1.165) is 31.7 Å². The van der Waals surface area contributed by atoms with Crippen LogP contribution in [-0.4, -0.2) is 22.3 Å². The molecule has 0 bridgehead atoms. The Kier molecular flexibility index (Phi) is 4.70. The average Bonchev–Trinajstić information content (AvgIpc) is 3.24. The number of thiazole rings is 1. The summed E-state index contributed by atoms with van der Waals surface area (Å²) >= 11 is 4.62. The van der Waals surface area contributed by atoms with Crippen molar-refractivity contribution in [2.75, 3.05) is 11.9 Å². The van der Waals surface area contributed by atoms with Crippen molar-refractivity contribution in [1.29, 1.82) is 0 Å². The quantitative estimate of drug-likeness (QED) is 0.686. The van der Waals surface area contributed by atoms with Gasteiger partial charge < -0.3 is 4.42 Å². The summed E-state index contributed by atoms with van der Waals surface area (Å²) in [4.78, 5) is 19.0. The Bertz CT molecular complexity index is 905. The molecule has 1 aliphatic heterocycles. The van der Waals surface area contributed by atoms with Crippen LogP contribution in [0.4, 0.5) is 5.13 Å². The Morgan fingerprint density at radius 1 is 1.28 bits per heavy atom. The number of halogens is 1. The standard InChI is InChI=1S/C18H16BrN3O2S/c19-16-6-5-15(24-16)17(23)21-18-20-14(11-25-18)10-22-8-7-12-3-1-2-4-13(12)9-22/h1-6,11H,7-10H2,(H,20,21,23). The van der Waals surface area contributed by atoms with Crippen LogP contribution in [-0.2, 0) is 19.5 Å². The van der Waals surface area contributed by atoms with E-state index in [1.807, 2.05) is 5.38 Å². The van der Waals surface area contributed by atoms with E-state index in [9.17, 15) is 4.79 Å². The molecule has 1 aliphatic rings. The number of hydrogen-bond acceptors (Lipinski definition) is 5. The molecule has 0 saturated heterocycles. The van der Waals surface area contributed by atoms with Gasteiger partial charge in [-0.2, -0.15) is 0 Å². The number of furan rings is 1. The van der Waals surface area contributed by atoms with E-state index < -0.39 is 0 Å². The Morgan fingerprint density at radius 3 is 2.92 bits per heavy atom.